The summed E-state index contributed by atoms with van der Waals surface area (Å²) in [5.41, 5.74) is 8.32. The number of aromatic nitrogens is 2. The molecule has 3 rings (SSSR count). The number of hydrogen-bond acceptors (Lipinski definition) is 3. The molecule has 1 atom stereocenters. The number of nitrogen functional groups attached to an aromatic ring is 1. The van der Waals surface area contributed by atoms with Crippen LogP contribution in [0.15, 0.2) is 48.5 Å². The Kier molecular flexibility index (Phi) is 4.92. The molecule has 6 heteroatoms. The smallest absolute Gasteiger partial charge is 0.356 e. The molecule has 0 fully saturated rings. The zero-order chi connectivity index (χ0) is 17.1. The van der Waals surface area contributed by atoms with Gasteiger partial charge in [0.25, 0.3) is 0 Å². The number of halogens is 1. The van der Waals surface area contributed by atoms with Gasteiger partial charge in [0, 0.05) is 5.02 Å². The van der Waals surface area contributed by atoms with Crippen molar-refractivity contribution in [3.05, 3.63) is 53.6 Å². The standard InChI is InChI=1S/C18H20ClN3O2/c1-2-21-16-5-3-4-6-17(16)22(18(21)20)11-14(23)12-24-15-9-7-13(19)8-10-15/h3-10,14,20,23H,2,11-12H2,1H3/p+1/t14-/m0/s1. The summed E-state index contributed by atoms with van der Waals surface area (Å²) in [6.45, 7) is 3.37. The minimum Gasteiger partial charge on any atom is -0.491 e. The van der Waals surface area contributed by atoms with Crippen molar-refractivity contribution in [2.24, 2.45) is 0 Å². The number of imidazole rings is 1. The third-order valence-corrected chi connectivity index (χ3v) is 4.23. The average Bonchev–Trinajstić information content (AvgIpc) is 2.86. The zero-order valence-electron chi connectivity index (χ0n) is 13.5. The lowest BCUT2D eigenvalue weighted by atomic mass is 10.3. The molecule has 126 valence electrons. The number of aliphatic hydroxyl groups is 1. The van der Waals surface area contributed by atoms with Crippen LogP contribution in [-0.2, 0) is 13.1 Å². The number of nitrogens with two attached hydrogens (primary N) is 1. The molecule has 0 saturated carbocycles. The molecule has 24 heavy (non-hydrogen) atoms. The van der Waals surface area contributed by atoms with Crippen LogP contribution in [0.25, 0.3) is 11.0 Å². The van der Waals surface area contributed by atoms with Gasteiger partial charge in [-0.2, -0.15) is 0 Å². The van der Waals surface area contributed by atoms with Gasteiger partial charge in [0.05, 0.1) is 6.54 Å². The molecule has 0 spiro atoms. The predicted octanol–water partition coefficient (Wildman–Crippen LogP) is 2.62. The Morgan fingerprint density at radius 3 is 2.62 bits per heavy atom. The number of anilines is 1. The highest BCUT2D eigenvalue weighted by Gasteiger charge is 2.22. The van der Waals surface area contributed by atoms with Gasteiger partial charge in [-0.25, -0.2) is 9.13 Å². The van der Waals surface area contributed by atoms with E-state index in [2.05, 4.69) is 0 Å². The Morgan fingerprint density at radius 1 is 1.21 bits per heavy atom. The van der Waals surface area contributed by atoms with E-state index in [1.807, 2.05) is 40.3 Å². The van der Waals surface area contributed by atoms with Gasteiger partial charge in [-0.05, 0) is 43.3 Å². The molecule has 0 bridgehead atoms. The van der Waals surface area contributed by atoms with Gasteiger partial charge < -0.3 is 9.84 Å². The van der Waals surface area contributed by atoms with Crippen LogP contribution in [0.5, 0.6) is 5.75 Å². The van der Waals surface area contributed by atoms with Crippen LogP contribution < -0.4 is 15.0 Å². The molecule has 0 aliphatic heterocycles. The second-order valence-corrected chi connectivity index (χ2v) is 6.06. The first-order valence-electron chi connectivity index (χ1n) is 7.93. The van der Waals surface area contributed by atoms with Crippen molar-refractivity contribution in [3.63, 3.8) is 0 Å². The molecule has 3 N–H and O–H groups in total. The topological polar surface area (TPSA) is 64.3 Å². The molecular formula is C18H21ClN3O2+. The molecule has 0 radical (unpaired) electrons. The predicted molar refractivity (Wildman–Crippen MR) is 95.2 cm³/mol. The first-order valence-corrected chi connectivity index (χ1v) is 8.31. The van der Waals surface area contributed by atoms with Crippen LogP contribution >= 0.6 is 11.6 Å². The number of aryl methyl sites for hydroxylation is 1. The number of para-hydroxylation sites is 2. The van der Waals surface area contributed by atoms with Gasteiger partial charge >= 0.3 is 5.95 Å². The lowest BCUT2D eigenvalue weighted by molar-refractivity contribution is -0.665. The highest BCUT2D eigenvalue weighted by atomic mass is 35.5. The van der Waals surface area contributed by atoms with Gasteiger partial charge in [-0.15, -0.1) is 0 Å². The van der Waals surface area contributed by atoms with E-state index in [9.17, 15) is 5.11 Å². The summed E-state index contributed by atoms with van der Waals surface area (Å²) in [5.74, 6) is 1.30. The van der Waals surface area contributed by atoms with Crippen molar-refractivity contribution < 1.29 is 14.4 Å². The second-order valence-electron chi connectivity index (χ2n) is 5.62. The second kappa shape index (κ2) is 7.11. The van der Waals surface area contributed by atoms with Gasteiger partial charge in [0.2, 0.25) is 0 Å². The zero-order valence-corrected chi connectivity index (χ0v) is 14.3. The molecule has 0 saturated heterocycles. The van der Waals surface area contributed by atoms with Crippen LogP contribution in [0.4, 0.5) is 5.95 Å². The first-order chi connectivity index (χ1) is 11.6. The summed E-state index contributed by atoms with van der Waals surface area (Å²) in [6, 6.07) is 15.1. The molecule has 1 heterocycles. The molecular weight excluding hydrogens is 326 g/mol. The van der Waals surface area contributed by atoms with E-state index in [-0.39, 0.29) is 6.61 Å². The maximum atomic E-state index is 10.3. The van der Waals surface area contributed by atoms with E-state index >= 15 is 0 Å². The van der Waals surface area contributed by atoms with E-state index in [1.165, 1.54) is 0 Å². The van der Waals surface area contributed by atoms with E-state index in [0.717, 1.165) is 17.6 Å². The van der Waals surface area contributed by atoms with Crippen molar-refractivity contribution in [1.82, 2.24) is 4.57 Å². The molecule has 5 nitrogen and oxygen atoms in total. The quantitative estimate of drug-likeness (QED) is 0.674. The monoisotopic (exact) mass is 346 g/mol. The van der Waals surface area contributed by atoms with Crippen LogP contribution in [0.3, 0.4) is 0 Å². The number of benzene rings is 2. The van der Waals surface area contributed by atoms with Crippen LogP contribution in [-0.4, -0.2) is 22.4 Å². The SMILES string of the molecule is CCn1c(N)[n+](C[C@H](O)COc2ccc(Cl)cc2)c2ccccc21. The molecule has 0 aliphatic rings. The van der Waals surface area contributed by atoms with E-state index in [0.29, 0.717) is 23.3 Å². The molecule has 2 aromatic carbocycles. The average molecular weight is 347 g/mol. The third kappa shape index (κ3) is 3.32. The van der Waals surface area contributed by atoms with E-state index in [4.69, 9.17) is 22.1 Å². The minimum atomic E-state index is -0.677. The number of fused-ring (bicyclic) bond motifs is 1. The molecule has 0 amide bonds. The lowest BCUT2D eigenvalue weighted by Gasteiger charge is -2.12. The summed E-state index contributed by atoms with van der Waals surface area (Å²) < 4.78 is 9.57. The highest BCUT2D eigenvalue weighted by molar-refractivity contribution is 6.30. The van der Waals surface area contributed by atoms with Crippen LogP contribution in [0, 0.1) is 0 Å². The third-order valence-electron chi connectivity index (χ3n) is 3.98. The van der Waals surface area contributed by atoms with Gasteiger partial charge in [-0.3, -0.25) is 5.73 Å². The summed E-state index contributed by atoms with van der Waals surface area (Å²) in [4.78, 5) is 0. The highest BCUT2D eigenvalue weighted by Crippen LogP contribution is 2.17. The fourth-order valence-corrected chi connectivity index (χ4v) is 2.95. The van der Waals surface area contributed by atoms with Crippen molar-refractivity contribution in [1.29, 1.82) is 0 Å². The molecule has 0 aliphatic carbocycles. The first kappa shape index (κ1) is 16.6. The number of ether oxygens (including phenoxy) is 1. The fraction of sp³-hybridized carbons (Fsp3) is 0.278. The number of aliphatic hydroxyl groups excluding tert-OH is 1. The van der Waals surface area contributed by atoms with Gasteiger partial charge in [0.1, 0.15) is 36.0 Å². The summed E-state index contributed by atoms with van der Waals surface area (Å²) in [7, 11) is 0. The molecule has 3 aromatic rings. The summed E-state index contributed by atoms with van der Waals surface area (Å²) in [6.07, 6.45) is -0.677. The largest absolute Gasteiger partial charge is 0.491 e. The Balaban J connectivity index is 1.74. The van der Waals surface area contributed by atoms with Crippen LogP contribution in [0.2, 0.25) is 5.02 Å². The van der Waals surface area contributed by atoms with E-state index in [1.54, 1.807) is 24.3 Å². The Hall–Kier alpha value is -2.24. The van der Waals surface area contributed by atoms with Gasteiger partial charge in [0.15, 0.2) is 0 Å². The van der Waals surface area contributed by atoms with Crippen molar-refractivity contribution in [2.45, 2.75) is 26.1 Å². The fourth-order valence-electron chi connectivity index (χ4n) is 2.82. The Labute approximate surface area is 145 Å². The normalized spacial score (nSPS) is 12.5. The Morgan fingerprint density at radius 2 is 1.92 bits per heavy atom. The number of rotatable bonds is 6. The lowest BCUT2D eigenvalue weighted by Crippen LogP contribution is -2.43. The van der Waals surface area contributed by atoms with Crippen LogP contribution in [0.1, 0.15) is 6.92 Å². The summed E-state index contributed by atoms with van der Waals surface area (Å²) >= 11 is 5.85. The summed E-state index contributed by atoms with van der Waals surface area (Å²) in [5, 5.41) is 11.0. The number of nitrogens with zero attached hydrogens (tertiary/aromatic N) is 2. The Bertz CT molecular complexity index is 830. The maximum absolute atomic E-state index is 10.3. The maximum Gasteiger partial charge on any atom is 0.356 e. The number of hydrogen-bond donors (Lipinski definition) is 2. The van der Waals surface area contributed by atoms with E-state index < -0.39 is 6.10 Å². The molecule has 1 aromatic heterocycles. The molecule has 0 unspecified atom stereocenters. The van der Waals surface area contributed by atoms with Gasteiger partial charge in [-0.1, -0.05) is 23.7 Å². The van der Waals surface area contributed by atoms with Crippen molar-refractivity contribution >= 4 is 28.6 Å². The minimum absolute atomic E-state index is 0.180. The van der Waals surface area contributed by atoms with Crippen molar-refractivity contribution in [2.75, 3.05) is 12.3 Å². The van der Waals surface area contributed by atoms with Crippen molar-refractivity contribution in [3.8, 4) is 5.75 Å².